The lowest BCUT2D eigenvalue weighted by atomic mass is 10.1. The van der Waals surface area contributed by atoms with Crippen molar-refractivity contribution in [3.8, 4) is 16.9 Å². The van der Waals surface area contributed by atoms with E-state index in [1.807, 2.05) is 57.8 Å². The Balaban J connectivity index is 1.67. The number of hydrogen-bond donors (Lipinski definition) is 0. The molecule has 174 valence electrons. The van der Waals surface area contributed by atoms with Crippen molar-refractivity contribution in [2.24, 2.45) is 7.05 Å². The standard InChI is InChI=1S/C26H28N6O2/c1-6-31-23-12-18(10-11-19(23)14-28-31)24-13-21(16-34-26(3,4)17(2)33)29-32(24)22-9-7-8-20-15-27-30(5)25(20)22/h7-15H,6,16H2,1-5H3. The molecule has 0 fully saturated rings. The third kappa shape index (κ3) is 3.70. The molecule has 0 atom stereocenters. The summed E-state index contributed by atoms with van der Waals surface area (Å²) in [6.07, 6.45) is 3.74. The van der Waals surface area contributed by atoms with E-state index in [-0.39, 0.29) is 12.4 Å². The number of benzene rings is 2. The number of hydrogen-bond acceptors (Lipinski definition) is 5. The molecule has 8 heteroatoms. The largest absolute Gasteiger partial charge is 0.361 e. The van der Waals surface area contributed by atoms with Gasteiger partial charge >= 0.3 is 0 Å². The van der Waals surface area contributed by atoms with Crippen molar-refractivity contribution >= 4 is 27.6 Å². The Morgan fingerprint density at radius 2 is 1.85 bits per heavy atom. The summed E-state index contributed by atoms with van der Waals surface area (Å²) in [7, 11) is 1.93. The summed E-state index contributed by atoms with van der Waals surface area (Å²) in [5.74, 6) is -0.0231. The lowest BCUT2D eigenvalue weighted by Crippen LogP contribution is -2.32. The van der Waals surface area contributed by atoms with Crippen LogP contribution in [0.1, 0.15) is 33.4 Å². The van der Waals surface area contributed by atoms with Gasteiger partial charge in [0.15, 0.2) is 5.78 Å². The van der Waals surface area contributed by atoms with E-state index in [9.17, 15) is 4.79 Å². The van der Waals surface area contributed by atoms with E-state index in [0.29, 0.717) is 0 Å². The van der Waals surface area contributed by atoms with E-state index in [1.54, 1.807) is 20.8 Å². The van der Waals surface area contributed by atoms with Crippen LogP contribution >= 0.6 is 0 Å². The molecule has 0 aliphatic rings. The van der Waals surface area contributed by atoms with E-state index in [4.69, 9.17) is 9.84 Å². The van der Waals surface area contributed by atoms with Gasteiger partial charge in [-0.15, -0.1) is 0 Å². The SMILES string of the molecule is CCn1ncc2ccc(-c3cc(COC(C)(C)C(C)=O)nn3-c3cccc4cnn(C)c34)cc21. The molecule has 0 aliphatic carbocycles. The maximum atomic E-state index is 11.9. The van der Waals surface area contributed by atoms with Crippen molar-refractivity contribution in [2.75, 3.05) is 0 Å². The van der Waals surface area contributed by atoms with Gasteiger partial charge in [0.05, 0.1) is 47.1 Å². The zero-order chi connectivity index (χ0) is 24.0. The van der Waals surface area contributed by atoms with Crippen molar-refractivity contribution in [3.05, 3.63) is 60.6 Å². The topological polar surface area (TPSA) is 79.8 Å². The number of ether oxygens (including phenoxy) is 1. The molecule has 5 rings (SSSR count). The molecule has 34 heavy (non-hydrogen) atoms. The minimum absolute atomic E-state index is 0.0231. The summed E-state index contributed by atoms with van der Waals surface area (Å²) in [5.41, 5.74) is 4.80. The van der Waals surface area contributed by atoms with Crippen LogP contribution < -0.4 is 0 Å². The van der Waals surface area contributed by atoms with Gasteiger partial charge in [-0.05, 0) is 45.9 Å². The van der Waals surface area contributed by atoms with Gasteiger partial charge in [0.25, 0.3) is 0 Å². The van der Waals surface area contributed by atoms with Crippen LogP contribution in [0.15, 0.2) is 54.9 Å². The molecule has 0 N–H and O–H groups in total. The lowest BCUT2D eigenvalue weighted by Gasteiger charge is -2.21. The van der Waals surface area contributed by atoms with Gasteiger partial charge in [-0.3, -0.25) is 14.2 Å². The summed E-state index contributed by atoms with van der Waals surface area (Å²) in [6.45, 7) is 8.20. The van der Waals surface area contributed by atoms with Gasteiger partial charge < -0.3 is 4.74 Å². The van der Waals surface area contributed by atoms with Gasteiger partial charge in [0, 0.05) is 29.9 Å². The third-order valence-electron chi connectivity index (χ3n) is 6.40. The second kappa shape index (κ2) is 8.22. The average Bonchev–Trinajstić information content (AvgIpc) is 3.54. The summed E-state index contributed by atoms with van der Waals surface area (Å²) >= 11 is 0. The maximum absolute atomic E-state index is 11.9. The molecule has 0 unspecified atom stereocenters. The number of aromatic nitrogens is 6. The number of para-hydroxylation sites is 1. The Morgan fingerprint density at radius 1 is 1.06 bits per heavy atom. The molecule has 0 spiro atoms. The highest BCUT2D eigenvalue weighted by Crippen LogP contribution is 2.31. The monoisotopic (exact) mass is 456 g/mol. The fraction of sp³-hybridized carbons (Fsp3) is 0.308. The molecular weight excluding hydrogens is 428 g/mol. The Labute approximate surface area is 197 Å². The smallest absolute Gasteiger partial charge is 0.161 e. The van der Waals surface area contributed by atoms with Crippen LogP contribution in [0, 0.1) is 0 Å². The highest BCUT2D eigenvalue weighted by atomic mass is 16.5. The number of carbonyl (C=O) groups excluding carboxylic acids is 1. The summed E-state index contributed by atoms with van der Waals surface area (Å²) in [6, 6.07) is 14.4. The number of carbonyl (C=O) groups is 1. The number of Topliss-reactive ketones (excluding diaryl/α,β-unsaturated/α-hetero) is 1. The summed E-state index contributed by atoms with van der Waals surface area (Å²) < 4.78 is 11.7. The van der Waals surface area contributed by atoms with Crippen LogP contribution in [0.3, 0.4) is 0 Å². The fourth-order valence-corrected chi connectivity index (χ4v) is 4.11. The molecule has 3 aromatic heterocycles. The predicted molar refractivity (Wildman–Crippen MR) is 132 cm³/mol. The normalized spacial score (nSPS) is 12.1. The number of rotatable bonds is 7. The molecule has 5 aromatic rings. The molecule has 0 bridgehead atoms. The van der Waals surface area contributed by atoms with Gasteiger partial charge in [-0.1, -0.05) is 24.3 Å². The number of ketones is 1. The first-order chi connectivity index (χ1) is 16.3. The highest BCUT2D eigenvalue weighted by molar-refractivity contribution is 5.88. The first-order valence-corrected chi connectivity index (χ1v) is 11.4. The van der Waals surface area contributed by atoms with Crippen molar-refractivity contribution < 1.29 is 9.53 Å². The second-order valence-corrected chi connectivity index (χ2v) is 9.00. The molecule has 0 amide bonds. The van der Waals surface area contributed by atoms with Crippen molar-refractivity contribution in [3.63, 3.8) is 0 Å². The van der Waals surface area contributed by atoms with E-state index in [2.05, 4.69) is 35.3 Å². The second-order valence-electron chi connectivity index (χ2n) is 9.00. The van der Waals surface area contributed by atoms with Gasteiger partial charge in [0.2, 0.25) is 0 Å². The van der Waals surface area contributed by atoms with Crippen LogP contribution in [-0.4, -0.2) is 40.7 Å². The van der Waals surface area contributed by atoms with Crippen molar-refractivity contribution in [1.82, 2.24) is 29.3 Å². The van der Waals surface area contributed by atoms with Crippen LogP contribution in [0.2, 0.25) is 0 Å². The summed E-state index contributed by atoms with van der Waals surface area (Å²) in [4.78, 5) is 11.9. The lowest BCUT2D eigenvalue weighted by molar-refractivity contribution is -0.139. The van der Waals surface area contributed by atoms with Crippen molar-refractivity contribution in [2.45, 2.75) is 46.4 Å². The molecule has 3 heterocycles. The number of aryl methyl sites for hydroxylation is 2. The van der Waals surface area contributed by atoms with Crippen LogP contribution in [0.4, 0.5) is 0 Å². The molecule has 0 radical (unpaired) electrons. The van der Waals surface area contributed by atoms with Crippen LogP contribution in [-0.2, 0) is 29.7 Å². The van der Waals surface area contributed by atoms with Gasteiger partial charge in [0.1, 0.15) is 5.60 Å². The van der Waals surface area contributed by atoms with E-state index in [1.165, 1.54) is 0 Å². The van der Waals surface area contributed by atoms with Crippen molar-refractivity contribution in [1.29, 1.82) is 0 Å². The first-order valence-electron chi connectivity index (χ1n) is 11.4. The minimum Gasteiger partial charge on any atom is -0.361 e. The molecule has 0 aliphatic heterocycles. The third-order valence-corrected chi connectivity index (χ3v) is 6.40. The predicted octanol–water partition coefficient (Wildman–Crippen LogP) is 4.68. The zero-order valence-electron chi connectivity index (χ0n) is 20.1. The Hall–Kier alpha value is -3.78. The average molecular weight is 457 g/mol. The first kappa shape index (κ1) is 22.0. The zero-order valence-corrected chi connectivity index (χ0v) is 20.1. The van der Waals surface area contributed by atoms with E-state index in [0.717, 1.165) is 51.0 Å². The molecule has 2 aromatic carbocycles. The molecule has 0 saturated carbocycles. The van der Waals surface area contributed by atoms with Gasteiger partial charge in [-0.25, -0.2) is 4.68 Å². The molecule has 8 nitrogen and oxygen atoms in total. The fourth-order valence-electron chi connectivity index (χ4n) is 4.11. The summed E-state index contributed by atoms with van der Waals surface area (Å²) in [5, 5.41) is 16.0. The Kier molecular flexibility index (Phi) is 5.32. The molecular formula is C26H28N6O2. The van der Waals surface area contributed by atoms with Crippen LogP contribution in [0.25, 0.3) is 38.8 Å². The maximum Gasteiger partial charge on any atom is 0.161 e. The quantitative estimate of drug-likeness (QED) is 0.355. The number of fused-ring (bicyclic) bond motifs is 2. The number of nitrogens with zero attached hydrogens (tertiary/aromatic N) is 6. The molecule has 0 saturated heterocycles. The van der Waals surface area contributed by atoms with E-state index < -0.39 is 5.60 Å². The highest BCUT2D eigenvalue weighted by Gasteiger charge is 2.25. The van der Waals surface area contributed by atoms with Crippen LogP contribution in [0.5, 0.6) is 0 Å². The Bertz CT molecular complexity index is 1520. The minimum atomic E-state index is -0.876. The Morgan fingerprint density at radius 3 is 2.62 bits per heavy atom. The van der Waals surface area contributed by atoms with E-state index >= 15 is 0 Å². The van der Waals surface area contributed by atoms with Gasteiger partial charge in [-0.2, -0.15) is 15.3 Å².